The Morgan fingerprint density at radius 2 is 2.00 bits per heavy atom. The molecule has 1 aliphatic carbocycles. The van der Waals surface area contributed by atoms with Crippen molar-refractivity contribution in [2.45, 2.75) is 57.6 Å². The zero-order valence-electron chi connectivity index (χ0n) is 15.1. The Morgan fingerprint density at radius 3 is 2.61 bits per heavy atom. The lowest BCUT2D eigenvalue weighted by Crippen LogP contribution is -2.57. The first kappa shape index (κ1) is 18.6. The standard InChI is InChI=1S/C17H33N3O2S/c1-14-7-5-6-8-15(14)9-10-19-16(18-4)20-11-12-23(21,22)17(2,3)13-20/h14-15H,5-13H2,1-4H3,(H,18,19). The van der Waals surface area contributed by atoms with Crippen LogP contribution in [0.4, 0.5) is 0 Å². The number of hydrogen-bond donors (Lipinski definition) is 1. The van der Waals surface area contributed by atoms with E-state index >= 15 is 0 Å². The van der Waals surface area contributed by atoms with E-state index in [1.807, 2.05) is 13.8 Å². The molecule has 1 heterocycles. The fourth-order valence-electron chi connectivity index (χ4n) is 3.85. The van der Waals surface area contributed by atoms with Crippen LogP contribution >= 0.6 is 0 Å². The highest BCUT2D eigenvalue weighted by Crippen LogP contribution is 2.31. The number of hydrogen-bond acceptors (Lipinski definition) is 3. The molecule has 2 unspecified atom stereocenters. The Hall–Kier alpha value is -0.780. The van der Waals surface area contributed by atoms with E-state index in [2.05, 4.69) is 22.1 Å². The molecule has 134 valence electrons. The summed E-state index contributed by atoms with van der Waals surface area (Å²) in [7, 11) is -1.23. The monoisotopic (exact) mass is 343 g/mol. The fourth-order valence-corrected chi connectivity index (χ4v) is 5.21. The summed E-state index contributed by atoms with van der Waals surface area (Å²) in [6.07, 6.45) is 6.62. The smallest absolute Gasteiger partial charge is 0.193 e. The SMILES string of the molecule is CN=C(NCCC1CCCCC1C)N1CCS(=O)(=O)C(C)(C)C1. The summed E-state index contributed by atoms with van der Waals surface area (Å²) >= 11 is 0. The number of aliphatic imine (C=N–C) groups is 1. The van der Waals surface area contributed by atoms with Crippen molar-refractivity contribution in [1.29, 1.82) is 0 Å². The second-order valence-electron chi connectivity index (χ2n) is 7.78. The fraction of sp³-hybridized carbons (Fsp3) is 0.941. The Bertz CT molecular complexity index is 528. The predicted molar refractivity (Wildman–Crippen MR) is 96.5 cm³/mol. The summed E-state index contributed by atoms with van der Waals surface area (Å²) in [5.74, 6) is 2.69. The number of rotatable bonds is 3. The van der Waals surface area contributed by atoms with Gasteiger partial charge in [0.15, 0.2) is 15.8 Å². The molecule has 1 aliphatic heterocycles. The van der Waals surface area contributed by atoms with Gasteiger partial charge in [-0.15, -0.1) is 0 Å². The van der Waals surface area contributed by atoms with Crippen LogP contribution in [0.5, 0.6) is 0 Å². The van der Waals surface area contributed by atoms with Gasteiger partial charge in [-0.05, 0) is 32.1 Å². The molecule has 2 fully saturated rings. The first-order valence-electron chi connectivity index (χ1n) is 8.95. The third kappa shape index (κ3) is 4.40. The third-order valence-corrected chi connectivity index (χ3v) is 8.18. The van der Waals surface area contributed by atoms with Gasteiger partial charge in [0.1, 0.15) is 0 Å². The van der Waals surface area contributed by atoms with Crippen LogP contribution in [0.25, 0.3) is 0 Å². The number of sulfone groups is 1. The van der Waals surface area contributed by atoms with Gasteiger partial charge in [-0.2, -0.15) is 0 Å². The van der Waals surface area contributed by atoms with Crippen LogP contribution in [0.15, 0.2) is 4.99 Å². The molecular formula is C17H33N3O2S. The lowest BCUT2D eigenvalue weighted by molar-refractivity contribution is 0.242. The molecule has 0 bridgehead atoms. The lowest BCUT2D eigenvalue weighted by atomic mass is 9.79. The van der Waals surface area contributed by atoms with E-state index < -0.39 is 14.6 Å². The number of guanidine groups is 1. The summed E-state index contributed by atoms with van der Waals surface area (Å²) in [5.41, 5.74) is 0. The molecule has 5 nitrogen and oxygen atoms in total. The minimum atomic E-state index is -3.01. The minimum absolute atomic E-state index is 0.209. The van der Waals surface area contributed by atoms with Gasteiger partial charge >= 0.3 is 0 Å². The summed E-state index contributed by atoms with van der Waals surface area (Å²) in [5, 5.41) is 3.45. The molecule has 6 heteroatoms. The van der Waals surface area contributed by atoms with Gasteiger partial charge in [0.25, 0.3) is 0 Å². The van der Waals surface area contributed by atoms with Gasteiger partial charge in [0.2, 0.25) is 0 Å². The zero-order chi connectivity index (χ0) is 17.1. The third-order valence-electron chi connectivity index (χ3n) is 5.64. The molecule has 2 rings (SSSR count). The van der Waals surface area contributed by atoms with Crippen LogP contribution in [-0.2, 0) is 9.84 Å². The first-order valence-corrected chi connectivity index (χ1v) is 10.6. The summed E-state index contributed by atoms with van der Waals surface area (Å²) in [6, 6.07) is 0. The highest BCUT2D eigenvalue weighted by Gasteiger charge is 2.40. The van der Waals surface area contributed by atoms with Crippen molar-refractivity contribution in [3.05, 3.63) is 0 Å². The van der Waals surface area contributed by atoms with E-state index in [0.29, 0.717) is 13.1 Å². The molecule has 2 atom stereocenters. The van der Waals surface area contributed by atoms with Crippen molar-refractivity contribution >= 4 is 15.8 Å². The van der Waals surface area contributed by atoms with Crippen LogP contribution in [0.3, 0.4) is 0 Å². The second kappa shape index (κ2) is 7.41. The van der Waals surface area contributed by atoms with Crippen LogP contribution in [0.1, 0.15) is 52.9 Å². The van der Waals surface area contributed by atoms with Crippen molar-refractivity contribution in [2.24, 2.45) is 16.8 Å². The maximum atomic E-state index is 12.1. The van der Waals surface area contributed by atoms with E-state index in [4.69, 9.17) is 0 Å². The molecule has 23 heavy (non-hydrogen) atoms. The maximum Gasteiger partial charge on any atom is 0.193 e. The van der Waals surface area contributed by atoms with Crippen LogP contribution in [0.2, 0.25) is 0 Å². The molecular weight excluding hydrogens is 310 g/mol. The van der Waals surface area contributed by atoms with Crippen molar-refractivity contribution in [2.75, 3.05) is 32.4 Å². The number of nitrogens with zero attached hydrogens (tertiary/aromatic N) is 2. The summed E-state index contributed by atoms with van der Waals surface area (Å²) in [4.78, 5) is 6.45. The molecule has 0 spiro atoms. The molecule has 0 amide bonds. The highest BCUT2D eigenvalue weighted by molar-refractivity contribution is 7.92. The van der Waals surface area contributed by atoms with Crippen molar-refractivity contribution in [1.82, 2.24) is 10.2 Å². The van der Waals surface area contributed by atoms with E-state index in [1.165, 1.54) is 32.1 Å². The van der Waals surface area contributed by atoms with Gasteiger partial charge in [-0.3, -0.25) is 4.99 Å². The topological polar surface area (TPSA) is 61.8 Å². The molecule has 2 aliphatic rings. The first-order chi connectivity index (χ1) is 10.8. The normalized spacial score (nSPS) is 31.0. The van der Waals surface area contributed by atoms with Gasteiger partial charge < -0.3 is 10.2 Å². The largest absolute Gasteiger partial charge is 0.356 e. The molecule has 0 radical (unpaired) electrons. The van der Waals surface area contributed by atoms with Crippen LogP contribution < -0.4 is 5.32 Å². The van der Waals surface area contributed by atoms with Crippen molar-refractivity contribution in [3.63, 3.8) is 0 Å². The Kier molecular flexibility index (Phi) is 5.98. The van der Waals surface area contributed by atoms with Gasteiger partial charge in [-0.1, -0.05) is 32.6 Å². The van der Waals surface area contributed by atoms with Crippen molar-refractivity contribution in [3.8, 4) is 0 Å². The molecule has 1 saturated heterocycles. The molecule has 0 aromatic heterocycles. The predicted octanol–water partition coefficient (Wildman–Crippen LogP) is 2.29. The van der Waals surface area contributed by atoms with E-state index in [1.54, 1.807) is 7.05 Å². The van der Waals surface area contributed by atoms with Crippen molar-refractivity contribution < 1.29 is 8.42 Å². The van der Waals surface area contributed by atoms with Gasteiger partial charge in [0, 0.05) is 26.7 Å². The quantitative estimate of drug-likeness (QED) is 0.631. The molecule has 0 aromatic rings. The van der Waals surface area contributed by atoms with E-state index in [-0.39, 0.29) is 5.75 Å². The Labute approximate surface area is 141 Å². The summed E-state index contributed by atoms with van der Waals surface area (Å²) < 4.78 is 23.6. The average Bonchev–Trinajstić information content (AvgIpc) is 2.48. The van der Waals surface area contributed by atoms with E-state index in [9.17, 15) is 8.42 Å². The summed E-state index contributed by atoms with van der Waals surface area (Å²) in [6.45, 7) is 7.96. The van der Waals surface area contributed by atoms with Gasteiger partial charge in [-0.25, -0.2) is 8.42 Å². The van der Waals surface area contributed by atoms with Crippen LogP contribution in [0, 0.1) is 11.8 Å². The van der Waals surface area contributed by atoms with Gasteiger partial charge in [0.05, 0.1) is 10.5 Å². The number of nitrogens with one attached hydrogen (secondary N) is 1. The Morgan fingerprint density at radius 1 is 1.30 bits per heavy atom. The minimum Gasteiger partial charge on any atom is -0.356 e. The van der Waals surface area contributed by atoms with E-state index in [0.717, 1.165) is 24.3 Å². The highest BCUT2D eigenvalue weighted by atomic mass is 32.2. The lowest BCUT2D eigenvalue weighted by Gasteiger charge is -2.39. The zero-order valence-corrected chi connectivity index (χ0v) is 16.0. The maximum absolute atomic E-state index is 12.1. The van der Waals surface area contributed by atoms with Crippen LogP contribution in [-0.4, -0.2) is 56.5 Å². The molecule has 1 saturated carbocycles. The Balaban J connectivity index is 1.86. The average molecular weight is 344 g/mol. The molecule has 1 N–H and O–H groups in total. The molecule has 0 aromatic carbocycles. The second-order valence-corrected chi connectivity index (χ2v) is 10.5.